The van der Waals surface area contributed by atoms with Crippen molar-refractivity contribution >= 4 is 11.9 Å². The third-order valence-corrected chi connectivity index (χ3v) is 4.98. The van der Waals surface area contributed by atoms with Gasteiger partial charge in [0.05, 0.1) is 44.5 Å². The van der Waals surface area contributed by atoms with E-state index in [0.717, 1.165) is 31.4 Å². The lowest BCUT2D eigenvalue weighted by Crippen LogP contribution is -2.28. The minimum absolute atomic E-state index is 0.00527. The molecule has 1 aliphatic carbocycles. The first-order valence-corrected chi connectivity index (χ1v) is 10.4. The summed E-state index contributed by atoms with van der Waals surface area (Å²) in [5, 5.41) is 2.81. The van der Waals surface area contributed by atoms with Gasteiger partial charge in [0.1, 0.15) is 0 Å². The van der Waals surface area contributed by atoms with Gasteiger partial charge in [-0.15, -0.1) is 0 Å². The average Bonchev–Trinajstić information content (AvgIpc) is 2.76. The number of amides is 1. The van der Waals surface area contributed by atoms with Gasteiger partial charge in [-0.25, -0.2) is 0 Å². The van der Waals surface area contributed by atoms with Crippen LogP contribution in [0.2, 0.25) is 0 Å². The molecule has 0 spiro atoms. The second kappa shape index (κ2) is 13.2. The molecule has 0 bridgehead atoms. The van der Waals surface area contributed by atoms with E-state index >= 15 is 0 Å². The SMILES string of the molecule is CCOC(=O)C1CCC(c2ccc(C(=O)NCCOCCOCCN)cn2)CC1. The third kappa shape index (κ3) is 8.08. The molecule has 1 fully saturated rings. The van der Waals surface area contributed by atoms with Crippen molar-refractivity contribution in [2.45, 2.75) is 38.5 Å². The number of nitrogens with zero attached hydrogens (tertiary/aromatic N) is 1. The van der Waals surface area contributed by atoms with E-state index in [1.54, 1.807) is 12.3 Å². The Morgan fingerprint density at radius 3 is 2.45 bits per heavy atom. The number of hydrogen-bond acceptors (Lipinski definition) is 7. The van der Waals surface area contributed by atoms with Crippen LogP contribution in [0.25, 0.3) is 0 Å². The molecule has 1 aliphatic rings. The summed E-state index contributed by atoms with van der Waals surface area (Å²) in [6.45, 7) is 5.11. The van der Waals surface area contributed by atoms with Crippen LogP contribution in [-0.2, 0) is 19.0 Å². The van der Waals surface area contributed by atoms with Crippen LogP contribution in [0.1, 0.15) is 54.6 Å². The van der Waals surface area contributed by atoms with Gasteiger partial charge in [0.25, 0.3) is 5.91 Å². The van der Waals surface area contributed by atoms with E-state index in [4.69, 9.17) is 19.9 Å². The van der Waals surface area contributed by atoms with Crippen molar-refractivity contribution in [2.24, 2.45) is 11.7 Å². The molecular formula is C21H33N3O5. The Bertz CT molecular complexity index is 615. The van der Waals surface area contributed by atoms with Crippen LogP contribution in [0, 0.1) is 5.92 Å². The molecule has 0 radical (unpaired) electrons. The van der Waals surface area contributed by atoms with Crippen LogP contribution in [0.3, 0.4) is 0 Å². The molecule has 0 aliphatic heterocycles. The third-order valence-electron chi connectivity index (χ3n) is 4.98. The van der Waals surface area contributed by atoms with Gasteiger partial charge in [-0.3, -0.25) is 14.6 Å². The summed E-state index contributed by atoms with van der Waals surface area (Å²) in [6.07, 6.45) is 5.09. The van der Waals surface area contributed by atoms with E-state index in [-0.39, 0.29) is 17.8 Å². The number of nitrogens with one attached hydrogen (secondary N) is 1. The van der Waals surface area contributed by atoms with Crippen molar-refractivity contribution in [2.75, 3.05) is 46.1 Å². The molecule has 0 aromatic carbocycles. The largest absolute Gasteiger partial charge is 0.466 e. The van der Waals surface area contributed by atoms with Crippen LogP contribution in [-0.4, -0.2) is 63.0 Å². The smallest absolute Gasteiger partial charge is 0.308 e. The molecule has 8 nitrogen and oxygen atoms in total. The summed E-state index contributed by atoms with van der Waals surface area (Å²) < 4.78 is 15.7. The number of aromatic nitrogens is 1. The average molecular weight is 408 g/mol. The summed E-state index contributed by atoms with van der Waals surface area (Å²) in [7, 11) is 0. The molecule has 1 saturated carbocycles. The maximum absolute atomic E-state index is 12.2. The Morgan fingerprint density at radius 2 is 1.83 bits per heavy atom. The molecule has 8 heteroatoms. The fourth-order valence-electron chi connectivity index (χ4n) is 3.41. The zero-order valence-electron chi connectivity index (χ0n) is 17.2. The van der Waals surface area contributed by atoms with E-state index < -0.39 is 0 Å². The predicted molar refractivity (Wildman–Crippen MR) is 109 cm³/mol. The minimum Gasteiger partial charge on any atom is -0.466 e. The molecule has 1 aromatic rings. The molecule has 0 unspecified atom stereocenters. The standard InChI is InChI=1S/C21H33N3O5/c1-2-29-21(26)17-5-3-16(4-6-17)19-8-7-18(15-24-19)20(25)23-10-12-28-14-13-27-11-9-22/h7-8,15-17H,2-6,9-14,22H2,1H3,(H,23,25). The molecule has 29 heavy (non-hydrogen) atoms. The predicted octanol–water partition coefficient (Wildman–Crippen LogP) is 1.64. The van der Waals surface area contributed by atoms with Gasteiger partial charge in [0.2, 0.25) is 0 Å². The Balaban J connectivity index is 1.67. The van der Waals surface area contributed by atoms with Gasteiger partial charge >= 0.3 is 5.97 Å². The number of carbonyl (C=O) groups excluding carboxylic acids is 2. The second-order valence-electron chi connectivity index (χ2n) is 7.04. The van der Waals surface area contributed by atoms with Crippen LogP contribution < -0.4 is 11.1 Å². The maximum Gasteiger partial charge on any atom is 0.308 e. The summed E-state index contributed by atoms with van der Waals surface area (Å²) >= 11 is 0. The van der Waals surface area contributed by atoms with Crippen LogP contribution >= 0.6 is 0 Å². The summed E-state index contributed by atoms with van der Waals surface area (Å²) in [5.41, 5.74) is 6.83. The monoisotopic (exact) mass is 407 g/mol. The first kappa shape index (κ1) is 23.3. The van der Waals surface area contributed by atoms with Crippen molar-refractivity contribution < 1.29 is 23.8 Å². The molecule has 1 heterocycles. The van der Waals surface area contributed by atoms with Crippen molar-refractivity contribution in [1.82, 2.24) is 10.3 Å². The van der Waals surface area contributed by atoms with Gasteiger partial charge in [-0.2, -0.15) is 0 Å². The molecule has 1 amide bonds. The number of hydrogen-bond donors (Lipinski definition) is 2. The number of pyridine rings is 1. The number of ether oxygens (including phenoxy) is 3. The number of nitrogens with two attached hydrogens (primary N) is 1. The van der Waals surface area contributed by atoms with Crippen molar-refractivity contribution in [3.05, 3.63) is 29.6 Å². The highest BCUT2D eigenvalue weighted by Crippen LogP contribution is 2.35. The highest BCUT2D eigenvalue weighted by atomic mass is 16.5. The Morgan fingerprint density at radius 1 is 1.10 bits per heavy atom. The normalized spacial score (nSPS) is 19.0. The number of rotatable bonds is 12. The lowest BCUT2D eigenvalue weighted by molar-refractivity contribution is -0.149. The van der Waals surface area contributed by atoms with Gasteiger partial charge in [-0.05, 0) is 44.7 Å². The molecule has 3 N–H and O–H groups in total. The van der Waals surface area contributed by atoms with E-state index in [0.29, 0.717) is 57.6 Å². The highest BCUT2D eigenvalue weighted by Gasteiger charge is 2.28. The topological polar surface area (TPSA) is 113 Å². The van der Waals surface area contributed by atoms with Gasteiger partial charge in [0, 0.05) is 30.9 Å². The summed E-state index contributed by atoms with van der Waals surface area (Å²) in [5.74, 6) is 0.0782. The molecular weight excluding hydrogens is 374 g/mol. The summed E-state index contributed by atoms with van der Waals surface area (Å²) in [6, 6.07) is 3.71. The second-order valence-corrected chi connectivity index (χ2v) is 7.04. The van der Waals surface area contributed by atoms with Crippen LogP contribution in [0.5, 0.6) is 0 Å². The molecule has 1 aromatic heterocycles. The van der Waals surface area contributed by atoms with Crippen molar-refractivity contribution in [1.29, 1.82) is 0 Å². The Hall–Kier alpha value is -2.03. The van der Waals surface area contributed by atoms with Crippen molar-refractivity contribution in [3.63, 3.8) is 0 Å². The quantitative estimate of drug-likeness (QED) is 0.400. The molecule has 0 atom stereocenters. The lowest BCUT2D eigenvalue weighted by Gasteiger charge is -2.26. The molecule has 0 saturated heterocycles. The summed E-state index contributed by atoms with van der Waals surface area (Å²) in [4.78, 5) is 28.5. The lowest BCUT2D eigenvalue weighted by atomic mass is 9.80. The Labute approximate surface area is 172 Å². The Kier molecular flexibility index (Phi) is 10.6. The van der Waals surface area contributed by atoms with Crippen LogP contribution in [0.4, 0.5) is 0 Å². The first-order valence-electron chi connectivity index (χ1n) is 10.4. The zero-order chi connectivity index (χ0) is 20.9. The fourth-order valence-corrected chi connectivity index (χ4v) is 3.41. The number of esters is 1. The van der Waals surface area contributed by atoms with Crippen molar-refractivity contribution in [3.8, 4) is 0 Å². The highest BCUT2D eigenvalue weighted by molar-refractivity contribution is 5.93. The van der Waals surface area contributed by atoms with Gasteiger partial charge < -0.3 is 25.3 Å². The maximum atomic E-state index is 12.2. The van der Waals surface area contributed by atoms with E-state index in [1.807, 2.05) is 13.0 Å². The van der Waals surface area contributed by atoms with E-state index in [2.05, 4.69) is 10.3 Å². The molecule has 162 valence electrons. The van der Waals surface area contributed by atoms with Gasteiger partial charge in [0.15, 0.2) is 0 Å². The number of carbonyl (C=O) groups is 2. The first-order chi connectivity index (χ1) is 14.2. The fraction of sp³-hybridized carbons (Fsp3) is 0.667. The minimum atomic E-state index is -0.168. The van der Waals surface area contributed by atoms with Crippen LogP contribution in [0.15, 0.2) is 18.3 Å². The zero-order valence-corrected chi connectivity index (χ0v) is 17.2. The van der Waals surface area contributed by atoms with E-state index in [1.165, 1.54) is 0 Å². The van der Waals surface area contributed by atoms with E-state index in [9.17, 15) is 9.59 Å². The van der Waals surface area contributed by atoms with Gasteiger partial charge in [-0.1, -0.05) is 0 Å². The molecule has 2 rings (SSSR count).